The summed E-state index contributed by atoms with van der Waals surface area (Å²) in [5, 5.41) is 3.44. The topological polar surface area (TPSA) is 43.4 Å². The SMILES string of the molecule is COc1ccc(N[C@@H](C)[C@H]2CCOC2)cn1. The first kappa shape index (κ1) is 11.2. The Morgan fingerprint density at radius 3 is 3.00 bits per heavy atom. The highest BCUT2D eigenvalue weighted by Gasteiger charge is 2.21. The summed E-state index contributed by atoms with van der Waals surface area (Å²) in [5.41, 5.74) is 1.03. The molecule has 0 unspecified atom stereocenters. The highest BCUT2D eigenvalue weighted by molar-refractivity contribution is 5.42. The zero-order valence-electron chi connectivity index (χ0n) is 9.77. The van der Waals surface area contributed by atoms with Crippen molar-refractivity contribution in [3.05, 3.63) is 18.3 Å². The van der Waals surface area contributed by atoms with Gasteiger partial charge in [0.25, 0.3) is 0 Å². The van der Waals surface area contributed by atoms with Gasteiger partial charge in [-0.3, -0.25) is 0 Å². The van der Waals surface area contributed by atoms with E-state index in [2.05, 4.69) is 17.2 Å². The third kappa shape index (κ3) is 2.64. The van der Waals surface area contributed by atoms with E-state index < -0.39 is 0 Å². The Morgan fingerprint density at radius 2 is 2.44 bits per heavy atom. The van der Waals surface area contributed by atoms with Crippen molar-refractivity contribution in [2.75, 3.05) is 25.6 Å². The maximum atomic E-state index is 5.38. The van der Waals surface area contributed by atoms with E-state index in [0.29, 0.717) is 17.8 Å². The van der Waals surface area contributed by atoms with Gasteiger partial charge in [-0.25, -0.2) is 4.98 Å². The van der Waals surface area contributed by atoms with E-state index in [1.165, 1.54) is 0 Å². The van der Waals surface area contributed by atoms with Gasteiger partial charge < -0.3 is 14.8 Å². The number of nitrogens with one attached hydrogen (secondary N) is 1. The number of hydrogen-bond donors (Lipinski definition) is 1. The lowest BCUT2D eigenvalue weighted by molar-refractivity contribution is 0.183. The number of anilines is 1. The van der Waals surface area contributed by atoms with E-state index >= 15 is 0 Å². The van der Waals surface area contributed by atoms with Crippen LogP contribution in [0, 0.1) is 5.92 Å². The molecule has 1 aromatic rings. The van der Waals surface area contributed by atoms with Crippen molar-refractivity contribution in [1.29, 1.82) is 0 Å². The Labute approximate surface area is 96.0 Å². The summed E-state index contributed by atoms with van der Waals surface area (Å²) in [6.07, 6.45) is 2.93. The summed E-state index contributed by atoms with van der Waals surface area (Å²) in [7, 11) is 1.62. The summed E-state index contributed by atoms with van der Waals surface area (Å²) in [6, 6.07) is 4.26. The van der Waals surface area contributed by atoms with E-state index in [1.807, 2.05) is 12.1 Å². The summed E-state index contributed by atoms with van der Waals surface area (Å²) < 4.78 is 10.4. The molecule has 0 saturated carbocycles. The molecule has 0 bridgehead atoms. The Hall–Kier alpha value is -1.29. The van der Waals surface area contributed by atoms with Crippen LogP contribution in [-0.4, -0.2) is 31.3 Å². The van der Waals surface area contributed by atoms with E-state index in [9.17, 15) is 0 Å². The standard InChI is InChI=1S/C12H18N2O2/c1-9(10-5-6-16-8-10)14-11-3-4-12(15-2)13-7-11/h3-4,7,9-10,14H,5-6,8H2,1-2H3/t9-,10-/m0/s1. The van der Waals surface area contributed by atoms with Crippen LogP contribution in [0.3, 0.4) is 0 Å². The van der Waals surface area contributed by atoms with Crippen LogP contribution in [0.4, 0.5) is 5.69 Å². The van der Waals surface area contributed by atoms with Crippen LogP contribution in [-0.2, 0) is 4.74 Å². The second-order valence-corrected chi connectivity index (χ2v) is 4.15. The molecule has 1 aromatic heterocycles. The summed E-state index contributed by atoms with van der Waals surface area (Å²) in [4.78, 5) is 4.16. The lowest BCUT2D eigenvalue weighted by Gasteiger charge is -2.20. The Balaban J connectivity index is 1.92. The van der Waals surface area contributed by atoms with Gasteiger partial charge in [-0.05, 0) is 19.4 Å². The molecule has 2 heterocycles. The average Bonchev–Trinajstić information content (AvgIpc) is 2.83. The summed E-state index contributed by atoms with van der Waals surface area (Å²) >= 11 is 0. The van der Waals surface area contributed by atoms with Gasteiger partial charge in [0.1, 0.15) is 0 Å². The fourth-order valence-corrected chi connectivity index (χ4v) is 1.91. The molecule has 0 spiro atoms. The van der Waals surface area contributed by atoms with Crippen molar-refractivity contribution in [3.8, 4) is 5.88 Å². The molecule has 0 aromatic carbocycles. The third-order valence-corrected chi connectivity index (χ3v) is 3.01. The number of aromatic nitrogens is 1. The molecule has 2 atom stereocenters. The van der Waals surface area contributed by atoms with Crippen LogP contribution in [0.25, 0.3) is 0 Å². The minimum absolute atomic E-state index is 0.415. The second-order valence-electron chi connectivity index (χ2n) is 4.15. The molecule has 1 aliphatic rings. The minimum Gasteiger partial charge on any atom is -0.481 e. The quantitative estimate of drug-likeness (QED) is 0.845. The monoisotopic (exact) mass is 222 g/mol. The molecule has 1 saturated heterocycles. The number of pyridine rings is 1. The zero-order chi connectivity index (χ0) is 11.4. The molecule has 2 rings (SSSR count). The maximum Gasteiger partial charge on any atom is 0.213 e. The van der Waals surface area contributed by atoms with Crippen molar-refractivity contribution < 1.29 is 9.47 Å². The van der Waals surface area contributed by atoms with E-state index in [1.54, 1.807) is 13.3 Å². The fourth-order valence-electron chi connectivity index (χ4n) is 1.91. The lowest BCUT2D eigenvalue weighted by atomic mass is 10.0. The second kappa shape index (κ2) is 5.16. The largest absolute Gasteiger partial charge is 0.481 e. The Morgan fingerprint density at radius 1 is 1.56 bits per heavy atom. The average molecular weight is 222 g/mol. The first-order chi connectivity index (χ1) is 7.79. The molecule has 0 amide bonds. The minimum atomic E-state index is 0.415. The highest BCUT2D eigenvalue weighted by atomic mass is 16.5. The molecule has 0 radical (unpaired) electrons. The van der Waals surface area contributed by atoms with Gasteiger partial charge in [0.15, 0.2) is 0 Å². The molecule has 88 valence electrons. The fraction of sp³-hybridized carbons (Fsp3) is 0.583. The molecule has 16 heavy (non-hydrogen) atoms. The first-order valence-corrected chi connectivity index (χ1v) is 5.64. The van der Waals surface area contributed by atoms with Crippen LogP contribution < -0.4 is 10.1 Å². The molecule has 0 aliphatic carbocycles. The van der Waals surface area contributed by atoms with Gasteiger partial charge in [-0.2, -0.15) is 0 Å². The molecular formula is C12H18N2O2. The summed E-state index contributed by atoms with van der Waals surface area (Å²) in [6.45, 7) is 3.93. The van der Waals surface area contributed by atoms with Crippen LogP contribution in [0.15, 0.2) is 18.3 Å². The van der Waals surface area contributed by atoms with Crippen molar-refractivity contribution in [2.24, 2.45) is 5.92 Å². The Bertz CT molecular complexity index is 320. The van der Waals surface area contributed by atoms with Crippen LogP contribution >= 0.6 is 0 Å². The molecule has 1 fully saturated rings. The van der Waals surface area contributed by atoms with Crippen LogP contribution in [0.1, 0.15) is 13.3 Å². The normalized spacial score (nSPS) is 21.8. The van der Waals surface area contributed by atoms with Gasteiger partial charge in [0.05, 0.1) is 25.6 Å². The molecule has 1 N–H and O–H groups in total. The number of nitrogens with zero attached hydrogens (tertiary/aromatic N) is 1. The number of methoxy groups -OCH3 is 1. The van der Waals surface area contributed by atoms with Gasteiger partial charge in [0, 0.05) is 24.6 Å². The van der Waals surface area contributed by atoms with Crippen molar-refractivity contribution in [3.63, 3.8) is 0 Å². The van der Waals surface area contributed by atoms with Crippen molar-refractivity contribution in [2.45, 2.75) is 19.4 Å². The lowest BCUT2D eigenvalue weighted by Crippen LogP contribution is -2.26. The predicted octanol–water partition coefficient (Wildman–Crippen LogP) is 1.93. The van der Waals surface area contributed by atoms with Crippen molar-refractivity contribution >= 4 is 5.69 Å². The Kier molecular flexibility index (Phi) is 3.62. The molecular weight excluding hydrogens is 204 g/mol. The maximum absolute atomic E-state index is 5.38. The van der Waals surface area contributed by atoms with Gasteiger partial charge in [-0.15, -0.1) is 0 Å². The van der Waals surface area contributed by atoms with E-state index in [0.717, 1.165) is 25.3 Å². The van der Waals surface area contributed by atoms with Gasteiger partial charge in [0.2, 0.25) is 5.88 Å². The van der Waals surface area contributed by atoms with Crippen molar-refractivity contribution in [1.82, 2.24) is 4.98 Å². The smallest absolute Gasteiger partial charge is 0.213 e. The number of hydrogen-bond acceptors (Lipinski definition) is 4. The molecule has 1 aliphatic heterocycles. The summed E-state index contributed by atoms with van der Waals surface area (Å²) in [5.74, 6) is 1.24. The highest BCUT2D eigenvalue weighted by Crippen LogP contribution is 2.20. The zero-order valence-corrected chi connectivity index (χ0v) is 9.77. The molecule has 4 heteroatoms. The third-order valence-electron chi connectivity index (χ3n) is 3.01. The molecule has 4 nitrogen and oxygen atoms in total. The van der Waals surface area contributed by atoms with E-state index in [-0.39, 0.29) is 0 Å². The first-order valence-electron chi connectivity index (χ1n) is 5.64. The van der Waals surface area contributed by atoms with Crippen LogP contribution in [0.2, 0.25) is 0 Å². The van der Waals surface area contributed by atoms with Gasteiger partial charge in [-0.1, -0.05) is 0 Å². The van der Waals surface area contributed by atoms with Gasteiger partial charge >= 0.3 is 0 Å². The number of rotatable bonds is 4. The van der Waals surface area contributed by atoms with E-state index in [4.69, 9.17) is 9.47 Å². The number of ether oxygens (including phenoxy) is 2. The van der Waals surface area contributed by atoms with Crippen LogP contribution in [0.5, 0.6) is 5.88 Å². The predicted molar refractivity (Wildman–Crippen MR) is 62.8 cm³/mol.